The van der Waals surface area contributed by atoms with Gasteiger partial charge in [0.2, 0.25) is 5.91 Å². The largest absolute Gasteiger partial charge is 0.465 e. The number of hydrogen-bond donors (Lipinski definition) is 2. The van der Waals surface area contributed by atoms with Crippen LogP contribution in [0.1, 0.15) is 29.6 Å². The Morgan fingerprint density at radius 1 is 1.31 bits per heavy atom. The monoisotopic (exact) mass is 361 g/mol. The lowest BCUT2D eigenvalue weighted by molar-refractivity contribution is -0.120. The van der Waals surface area contributed by atoms with E-state index in [2.05, 4.69) is 10.2 Å². The van der Waals surface area contributed by atoms with Crippen molar-refractivity contribution in [1.82, 2.24) is 0 Å². The highest BCUT2D eigenvalue weighted by Gasteiger charge is 2.32. The van der Waals surface area contributed by atoms with Gasteiger partial charge in [-0.3, -0.25) is 4.79 Å². The smallest absolute Gasteiger partial charge is 0.340 e. The SMILES string of the molecule is COC(=O)c1cc(N2CCOCC2)ccc1NC(=O)[C@@H]1CCC[C@@H]1CN. The van der Waals surface area contributed by atoms with Gasteiger partial charge in [-0.15, -0.1) is 0 Å². The number of hydrogen-bond acceptors (Lipinski definition) is 6. The highest BCUT2D eigenvalue weighted by Crippen LogP contribution is 2.33. The molecule has 2 fully saturated rings. The zero-order valence-corrected chi connectivity index (χ0v) is 15.2. The van der Waals surface area contributed by atoms with Gasteiger partial charge in [0.25, 0.3) is 0 Å². The molecule has 7 heteroatoms. The van der Waals surface area contributed by atoms with Crippen molar-refractivity contribution in [2.24, 2.45) is 17.6 Å². The molecule has 1 aromatic rings. The molecule has 1 aliphatic heterocycles. The number of methoxy groups -OCH3 is 1. The molecule has 1 amide bonds. The molecule has 1 aromatic carbocycles. The molecule has 3 rings (SSSR count). The summed E-state index contributed by atoms with van der Waals surface area (Å²) in [6.45, 7) is 3.37. The Morgan fingerprint density at radius 3 is 2.77 bits per heavy atom. The van der Waals surface area contributed by atoms with Gasteiger partial charge in [0.05, 0.1) is 31.6 Å². The maximum Gasteiger partial charge on any atom is 0.340 e. The topological polar surface area (TPSA) is 93.9 Å². The zero-order chi connectivity index (χ0) is 18.5. The van der Waals surface area contributed by atoms with Crippen LogP contribution in [0.3, 0.4) is 0 Å². The van der Waals surface area contributed by atoms with E-state index in [0.717, 1.165) is 38.0 Å². The first-order chi connectivity index (χ1) is 12.6. The third-order valence-corrected chi connectivity index (χ3v) is 5.34. The summed E-state index contributed by atoms with van der Waals surface area (Å²) < 4.78 is 10.3. The molecule has 1 saturated heterocycles. The summed E-state index contributed by atoms with van der Waals surface area (Å²) in [5.41, 5.74) is 7.57. The van der Waals surface area contributed by atoms with Crippen molar-refractivity contribution in [2.75, 3.05) is 50.2 Å². The minimum Gasteiger partial charge on any atom is -0.465 e. The molecule has 1 heterocycles. The molecule has 142 valence electrons. The Bertz CT molecular complexity index is 658. The van der Waals surface area contributed by atoms with Gasteiger partial charge in [-0.05, 0) is 43.5 Å². The second-order valence-corrected chi connectivity index (χ2v) is 6.84. The van der Waals surface area contributed by atoms with Gasteiger partial charge in [-0.25, -0.2) is 4.79 Å². The van der Waals surface area contributed by atoms with Crippen LogP contribution in [0, 0.1) is 11.8 Å². The lowest BCUT2D eigenvalue weighted by Crippen LogP contribution is -2.36. The lowest BCUT2D eigenvalue weighted by Gasteiger charge is -2.29. The molecule has 0 bridgehead atoms. The highest BCUT2D eigenvalue weighted by molar-refractivity contribution is 6.02. The molecule has 1 saturated carbocycles. The number of nitrogens with one attached hydrogen (secondary N) is 1. The van der Waals surface area contributed by atoms with Gasteiger partial charge < -0.3 is 25.4 Å². The van der Waals surface area contributed by atoms with E-state index in [1.807, 2.05) is 6.07 Å². The molecule has 1 aliphatic carbocycles. The average molecular weight is 361 g/mol. The van der Waals surface area contributed by atoms with E-state index in [1.165, 1.54) is 7.11 Å². The van der Waals surface area contributed by atoms with Crippen LogP contribution in [-0.4, -0.2) is 51.8 Å². The van der Waals surface area contributed by atoms with Gasteiger partial charge in [-0.2, -0.15) is 0 Å². The number of nitrogens with two attached hydrogens (primary N) is 1. The Kier molecular flexibility index (Phi) is 6.11. The van der Waals surface area contributed by atoms with Crippen LogP contribution in [-0.2, 0) is 14.3 Å². The maximum absolute atomic E-state index is 12.7. The second-order valence-electron chi connectivity index (χ2n) is 6.84. The summed E-state index contributed by atoms with van der Waals surface area (Å²) >= 11 is 0. The fraction of sp³-hybridized carbons (Fsp3) is 0.579. The number of carbonyl (C=O) groups excluding carboxylic acids is 2. The van der Waals surface area contributed by atoms with Gasteiger partial charge in [0.1, 0.15) is 0 Å². The third kappa shape index (κ3) is 3.99. The molecule has 2 aliphatic rings. The predicted octanol–water partition coefficient (Wildman–Crippen LogP) is 1.62. The number of morpholine rings is 1. The van der Waals surface area contributed by atoms with Crippen LogP contribution < -0.4 is 16.0 Å². The summed E-state index contributed by atoms with van der Waals surface area (Å²) in [5.74, 6) is -0.409. The number of anilines is 2. The molecule has 0 unspecified atom stereocenters. The average Bonchev–Trinajstić information content (AvgIpc) is 3.17. The summed E-state index contributed by atoms with van der Waals surface area (Å²) in [6, 6.07) is 5.48. The molecule has 26 heavy (non-hydrogen) atoms. The first-order valence-corrected chi connectivity index (χ1v) is 9.20. The number of ether oxygens (including phenoxy) is 2. The van der Waals surface area contributed by atoms with Crippen molar-refractivity contribution < 1.29 is 19.1 Å². The van der Waals surface area contributed by atoms with Crippen LogP contribution in [0.25, 0.3) is 0 Å². The first kappa shape index (κ1) is 18.7. The van der Waals surface area contributed by atoms with E-state index in [-0.39, 0.29) is 17.7 Å². The number of carbonyl (C=O) groups is 2. The fourth-order valence-corrected chi connectivity index (χ4v) is 3.83. The minimum absolute atomic E-state index is 0.0674. The number of amides is 1. The summed E-state index contributed by atoms with van der Waals surface area (Å²) in [6.07, 6.45) is 2.83. The minimum atomic E-state index is -0.461. The summed E-state index contributed by atoms with van der Waals surface area (Å²) in [7, 11) is 1.34. The van der Waals surface area contributed by atoms with Gasteiger partial charge in [0.15, 0.2) is 0 Å². The van der Waals surface area contributed by atoms with E-state index in [1.54, 1.807) is 12.1 Å². The Morgan fingerprint density at radius 2 is 2.08 bits per heavy atom. The number of nitrogens with zero attached hydrogens (tertiary/aromatic N) is 1. The van der Waals surface area contributed by atoms with Crippen LogP contribution in [0.2, 0.25) is 0 Å². The Hall–Kier alpha value is -2.12. The summed E-state index contributed by atoms with van der Waals surface area (Å²) in [5, 5.41) is 2.92. The highest BCUT2D eigenvalue weighted by atomic mass is 16.5. The number of esters is 1. The second kappa shape index (κ2) is 8.51. The normalized spacial score (nSPS) is 22.9. The van der Waals surface area contributed by atoms with Crippen LogP contribution in [0.5, 0.6) is 0 Å². The van der Waals surface area contributed by atoms with E-state index in [0.29, 0.717) is 31.0 Å². The van der Waals surface area contributed by atoms with Crippen molar-refractivity contribution >= 4 is 23.3 Å². The molecule has 2 atom stereocenters. The molecule has 0 spiro atoms. The van der Waals surface area contributed by atoms with Crippen LogP contribution in [0.15, 0.2) is 18.2 Å². The van der Waals surface area contributed by atoms with Crippen molar-refractivity contribution in [1.29, 1.82) is 0 Å². The number of rotatable bonds is 5. The quantitative estimate of drug-likeness (QED) is 0.774. The zero-order valence-electron chi connectivity index (χ0n) is 15.2. The van der Waals surface area contributed by atoms with E-state index in [4.69, 9.17) is 15.2 Å². The third-order valence-electron chi connectivity index (χ3n) is 5.34. The molecular weight excluding hydrogens is 334 g/mol. The number of benzene rings is 1. The molecular formula is C19H27N3O4. The van der Waals surface area contributed by atoms with Crippen molar-refractivity contribution in [3.05, 3.63) is 23.8 Å². The van der Waals surface area contributed by atoms with Gasteiger partial charge >= 0.3 is 5.97 Å². The Balaban J connectivity index is 1.81. The lowest BCUT2D eigenvalue weighted by atomic mass is 9.95. The van der Waals surface area contributed by atoms with E-state index in [9.17, 15) is 9.59 Å². The van der Waals surface area contributed by atoms with Crippen molar-refractivity contribution in [3.8, 4) is 0 Å². The Labute approximate surface area is 153 Å². The van der Waals surface area contributed by atoms with Crippen molar-refractivity contribution in [3.63, 3.8) is 0 Å². The fourth-order valence-electron chi connectivity index (χ4n) is 3.83. The first-order valence-electron chi connectivity index (χ1n) is 9.20. The van der Waals surface area contributed by atoms with Crippen LogP contribution in [0.4, 0.5) is 11.4 Å². The standard InChI is InChI=1S/C19H27N3O4/c1-25-19(24)16-11-14(22-7-9-26-10-8-22)5-6-17(16)21-18(23)15-4-2-3-13(15)12-20/h5-6,11,13,15H,2-4,7-10,12,20H2,1H3,(H,21,23)/t13-,15-/m1/s1. The van der Waals surface area contributed by atoms with E-state index < -0.39 is 5.97 Å². The molecule has 7 nitrogen and oxygen atoms in total. The van der Waals surface area contributed by atoms with Gasteiger partial charge in [-0.1, -0.05) is 6.42 Å². The molecule has 0 radical (unpaired) electrons. The molecule has 0 aromatic heterocycles. The summed E-state index contributed by atoms with van der Waals surface area (Å²) in [4.78, 5) is 27.1. The van der Waals surface area contributed by atoms with Gasteiger partial charge in [0, 0.05) is 24.7 Å². The van der Waals surface area contributed by atoms with Crippen molar-refractivity contribution in [2.45, 2.75) is 19.3 Å². The molecule has 3 N–H and O–H groups in total. The predicted molar refractivity (Wildman–Crippen MR) is 99.3 cm³/mol. The van der Waals surface area contributed by atoms with E-state index >= 15 is 0 Å². The van der Waals surface area contributed by atoms with Crippen LogP contribution >= 0.6 is 0 Å². The maximum atomic E-state index is 12.7.